The van der Waals surface area contributed by atoms with E-state index in [1.165, 1.54) is 0 Å². The first-order valence-corrected chi connectivity index (χ1v) is 4.91. The molecule has 8 heavy (non-hydrogen) atoms. The molecule has 4 heteroatoms. The van der Waals surface area contributed by atoms with Crippen LogP contribution in [0.5, 0.6) is 0 Å². The van der Waals surface area contributed by atoms with Gasteiger partial charge in [-0.15, -0.1) is 0 Å². The summed E-state index contributed by atoms with van der Waals surface area (Å²) in [6.07, 6.45) is 0.823. The Morgan fingerprint density at radius 3 is 2.25 bits per heavy atom. The molecule has 0 unspecified atom stereocenters. The van der Waals surface area contributed by atoms with Crippen molar-refractivity contribution in [2.45, 2.75) is 11.2 Å². The van der Waals surface area contributed by atoms with Crippen LogP contribution < -0.4 is 0 Å². The number of hydrogen-bond donors (Lipinski definition) is 0. The third-order valence-electron chi connectivity index (χ3n) is 0.609. The molecular formula is C4H5Br3O. The van der Waals surface area contributed by atoms with Gasteiger partial charge in [0.1, 0.15) is 0 Å². The third-order valence-corrected chi connectivity index (χ3v) is 3.11. The van der Waals surface area contributed by atoms with E-state index in [-0.39, 0.29) is 9.52 Å². The molecule has 0 aromatic heterocycles. The minimum absolute atomic E-state index is 0.0111. The fraction of sp³-hybridized carbons (Fsp3) is 0.750. The standard InChI is InChI=1S/C4H5Br3O/c5-2-1-3(6)4(7)8/h3H,1-2H2/t3-/m0/s1. The lowest BCUT2D eigenvalue weighted by molar-refractivity contribution is -0.109. The fourth-order valence-electron chi connectivity index (χ4n) is 0.209. The summed E-state index contributed by atoms with van der Waals surface area (Å²) in [5.41, 5.74) is 0. The number of alkyl halides is 2. The smallest absolute Gasteiger partial charge is 0.211 e. The van der Waals surface area contributed by atoms with Crippen LogP contribution in [0.4, 0.5) is 0 Å². The number of halogens is 3. The zero-order chi connectivity index (χ0) is 6.57. The van der Waals surface area contributed by atoms with E-state index in [2.05, 4.69) is 47.8 Å². The van der Waals surface area contributed by atoms with E-state index in [0.29, 0.717) is 0 Å². The Hall–Kier alpha value is 1.11. The average molecular weight is 309 g/mol. The first-order valence-electron chi connectivity index (χ1n) is 2.08. The van der Waals surface area contributed by atoms with Crippen LogP contribution in [0.1, 0.15) is 6.42 Å². The minimum Gasteiger partial charge on any atom is -0.285 e. The molecule has 0 aliphatic carbocycles. The highest BCUT2D eigenvalue weighted by atomic mass is 79.9. The van der Waals surface area contributed by atoms with Crippen LogP contribution in [-0.4, -0.2) is 14.8 Å². The predicted molar refractivity (Wildman–Crippen MR) is 45.1 cm³/mol. The Morgan fingerprint density at radius 1 is 1.62 bits per heavy atom. The molecule has 0 aliphatic rings. The summed E-state index contributed by atoms with van der Waals surface area (Å²) in [6.45, 7) is 0. The van der Waals surface area contributed by atoms with Crippen LogP contribution in [0.3, 0.4) is 0 Å². The molecule has 0 aromatic rings. The molecule has 1 atom stereocenters. The van der Waals surface area contributed by atoms with Gasteiger partial charge in [0.15, 0.2) is 0 Å². The molecule has 0 spiro atoms. The van der Waals surface area contributed by atoms with Crippen LogP contribution in [0, 0.1) is 0 Å². The van der Waals surface area contributed by atoms with Gasteiger partial charge < -0.3 is 0 Å². The summed E-state index contributed by atoms with van der Waals surface area (Å²) in [7, 11) is 0. The first kappa shape index (κ1) is 9.11. The lowest BCUT2D eigenvalue weighted by Gasteiger charge is -1.97. The number of carbonyl (C=O) groups is 1. The molecule has 1 nitrogen and oxygen atoms in total. The van der Waals surface area contributed by atoms with E-state index in [1.807, 2.05) is 0 Å². The lowest BCUT2D eigenvalue weighted by Crippen LogP contribution is -2.05. The molecule has 0 fully saturated rings. The van der Waals surface area contributed by atoms with Crippen molar-refractivity contribution in [3.05, 3.63) is 0 Å². The second kappa shape index (κ2) is 4.94. The van der Waals surface area contributed by atoms with Crippen molar-refractivity contribution < 1.29 is 4.79 Å². The van der Waals surface area contributed by atoms with E-state index < -0.39 is 0 Å². The van der Waals surface area contributed by atoms with Crippen LogP contribution in [0.25, 0.3) is 0 Å². The molecule has 0 saturated heterocycles. The Labute approximate surface area is 73.6 Å². The average Bonchev–Trinajstić information content (AvgIpc) is 1.67. The second-order valence-electron chi connectivity index (χ2n) is 1.25. The van der Waals surface area contributed by atoms with Gasteiger partial charge in [-0.25, -0.2) is 0 Å². The highest BCUT2D eigenvalue weighted by Gasteiger charge is 2.08. The van der Waals surface area contributed by atoms with Crippen molar-refractivity contribution in [2.75, 3.05) is 5.33 Å². The maximum Gasteiger partial charge on any atom is 0.211 e. The highest BCUT2D eigenvalue weighted by molar-refractivity contribution is 9.20. The third kappa shape index (κ3) is 4.04. The Bertz CT molecular complexity index is 83.4. The number of rotatable bonds is 3. The zero-order valence-electron chi connectivity index (χ0n) is 4.03. The molecule has 0 bridgehead atoms. The van der Waals surface area contributed by atoms with E-state index >= 15 is 0 Å². The van der Waals surface area contributed by atoms with E-state index in [9.17, 15) is 4.79 Å². The van der Waals surface area contributed by atoms with Crippen LogP contribution in [0.15, 0.2) is 0 Å². The Balaban J connectivity index is 3.32. The van der Waals surface area contributed by atoms with Gasteiger partial charge in [0.25, 0.3) is 0 Å². The van der Waals surface area contributed by atoms with E-state index in [4.69, 9.17) is 0 Å². The fourth-order valence-corrected chi connectivity index (χ4v) is 1.74. The molecular weight excluding hydrogens is 304 g/mol. The summed E-state index contributed by atoms with van der Waals surface area (Å²) in [6, 6.07) is 0. The normalized spacial score (nSPS) is 13.4. The maximum atomic E-state index is 10.4. The molecule has 0 N–H and O–H groups in total. The number of carbonyl (C=O) groups excluding carboxylic acids is 1. The van der Waals surface area contributed by atoms with E-state index in [1.54, 1.807) is 0 Å². The van der Waals surface area contributed by atoms with Crippen molar-refractivity contribution in [1.82, 2.24) is 0 Å². The quantitative estimate of drug-likeness (QED) is 0.578. The van der Waals surface area contributed by atoms with Gasteiger partial charge in [0.2, 0.25) is 4.69 Å². The molecule has 0 radical (unpaired) electrons. The number of hydrogen-bond acceptors (Lipinski definition) is 1. The summed E-state index contributed by atoms with van der Waals surface area (Å²) in [5.74, 6) is 0. The molecule has 0 saturated carbocycles. The highest BCUT2D eigenvalue weighted by Crippen LogP contribution is 2.10. The molecule has 0 amide bonds. The van der Waals surface area contributed by atoms with Crippen LogP contribution in [-0.2, 0) is 4.79 Å². The first-order chi connectivity index (χ1) is 3.68. The van der Waals surface area contributed by atoms with Crippen LogP contribution >= 0.6 is 47.8 Å². The van der Waals surface area contributed by atoms with Crippen molar-refractivity contribution in [1.29, 1.82) is 0 Å². The van der Waals surface area contributed by atoms with E-state index in [0.717, 1.165) is 11.8 Å². The van der Waals surface area contributed by atoms with Gasteiger partial charge in [0.05, 0.1) is 4.83 Å². The summed E-state index contributed by atoms with van der Waals surface area (Å²) in [4.78, 5) is 10.3. The maximum absolute atomic E-state index is 10.4. The van der Waals surface area contributed by atoms with Crippen molar-refractivity contribution in [3.8, 4) is 0 Å². The molecule has 0 aromatic carbocycles. The van der Waals surface area contributed by atoms with Gasteiger partial charge in [-0.3, -0.25) is 4.79 Å². The van der Waals surface area contributed by atoms with Crippen molar-refractivity contribution in [3.63, 3.8) is 0 Å². The molecule has 0 rings (SSSR count). The lowest BCUT2D eigenvalue weighted by atomic mass is 10.4. The topological polar surface area (TPSA) is 17.1 Å². The van der Waals surface area contributed by atoms with Gasteiger partial charge >= 0.3 is 0 Å². The Kier molecular flexibility index (Phi) is 5.63. The van der Waals surface area contributed by atoms with Gasteiger partial charge in [-0.05, 0) is 22.4 Å². The zero-order valence-corrected chi connectivity index (χ0v) is 8.79. The Morgan fingerprint density at radius 2 is 2.12 bits per heavy atom. The minimum atomic E-state index is -0.0399. The molecule has 0 heterocycles. The van der Waals surface area contributed by atoms with Gasteiger partial charge in [-0.1, -0.05) is 31.9 Å². The van der Waals surface area contributed by atoms with Crippen LogP contribution in [0.2, 0.25) is 0 Å². The second-order valence-corrected chi connectivity index (χ2v) is 3.93. The summed E-state index contributed by atoms with van der Waals surface area (Å²) in [5, 5.41) is 0.847. The van der Waals surface area contributed by atoms with Crippen molar-refractivity contribution >= 4 is 52.5 Å². The SMILES string of the molecule is O=C(Br)[C@@H](Br)CCBr. The van der Waals surface area contributed by atoms with Gasteiger partial charge in [0, 0.05) is 5.33 Å². The molecule has 48 valence electrons. The van der Waals surface area contributed by atoms with Crippen molar-refractivity contribution in [2.24, 2.45) is 0 Å². The van der Waals surface area contributed by atoms with Gasteiger partial charge in [-0.2, -0.15) is 0 Å². The monoisotopic (exact) mass is 306 g/mol. The predicted octanol–water partition coefficient (Wildman–Crippen LogP) is 2.46. The summed E-state index contributed by atoms with van der Waals surface area (Å²) >= 11 is 9.23. The molecule has 0 aliphatic heterocycles. The summed E-state index contributed by atoms with van der Waals surface area (Å²) < 4.78 is 0.0111. The largest absolute Gasteiger partial charge is 0.285 e.